The van der Waals surface area contributed by atoms with Crippen LogP contribution in [-0.4, -0.2) is 22.2 Å². The number of fused-ring (bicyclic) bond motifs is 1. The van der Waals surface area contributed by atoms with Crippen molar-refractivity contribution < 1.29 is 9.90 Å². The van der Waals surface area contributed by atoms with E-state index in [0.29, 0.717) is 25.3 Å². The average Bonchev–Trinajstić information content (AvgIpc) is 3.06. The van der Waals surface area contributed by atoms with Gasteiger partial charge in [0.25, 0.3) is 0 Å². The minimum Gasteiger partial charge on any atom is -0.477 e. The van der Waals surface area contributed by atoms with Gasteiger partial charge in [0, 0.05) is 34.6 Å². The number of hydrogen-bond donors (Lipinski definition) is 2. The summed E-state index contributed by atoms with van der Waals surface area (Å²) < 4.78 is 1.93. The quantitative estimate of drug-likeness (QED) is 0.327. The highest BCUT2D eigenvalue weighted by Gasteiger charge is 2.22. The van der Waals surface area contributed by atoms with E-state index in [4.69, 9.17) is 11.6 Å². The molecule has 0 aliphatic heterocycles. The summed E-state index contributed by atoms with van der Waals surface area (Å²) >= 11 is 6.26. The normalized spacial score (nSPS) is 11.2. The lowest BCUT2D eigenvalue weighted by molar-refractivity contribution is 0.0684. The molecule has 0 aliphatic rings. The Kier molecular flexibility index (Phi) is 6.63. The number of aromatic carboxylic acids is 1. The second-order valence-corrected chi connectivity index (χ2v) is 8.65. The van der Waals surface area contributed by atoms with Crippen molar-refractivity contribution in [3.05, 3.63) is 105 Å². The van der Waals surface area contributed by atoms with E-state index in [1.807, 2.05) is 54.8 Å². The molecule has 0 radical (unpaired) electrons. The van der Waals surface area contributed by atoms with Gasteiger partial charge in [-0.15, -0.1) is 0 Å². The van der Waals surface area contributed by atoms with Crippen LogP contribution in [0.25, 0.3) is 10.9 Å². The summed E-state index contributed by atoms with van der Waals surface area (Å²) in [6, 6.07) is 22.2. The van der Waals surface area contributed by atoms with Gasteiger partial charge in [0.1, 0.15) is 5.69 Å². The van der Waals surface area contributed by atoms with Gasteiger partial charge < -0.3 is 15.0 Å². The van der Waals surface area contributed by atoms with Crippen LogP contribution in [0.2, 0.25) is 5.02 Å². The van der Waals surface area contributed by atoms with Crippen LogP contribution in [0, 0.1) is 13.8 Å². The molecule has 0 unspecified atom stereocenters. The standard InChI is InChI=1S/C27H27ClN2O2/c1-18-7-10-20(11-8-18)17-30-25-15-19(2)9-12-22(25)23(26(30)27(31)32)16-29-14-13-21-5-3-4-6-24(21)28/h3-12,15,29H,13-14,16-17H2,1-2H3,(H,31,32). The third kappa shape index (κ3) is 4.72. The molecule has 32 heavy (non-hydrogen) atoms. The summed E-state index contributed by atoms with van der Waals surface area (Å²) in [4.78, 5) is 12.4. The molecular formula is C27H27ClN2O2. The predicted octanol–water partition coefficient (Wildman–Crippen LogP) is 5.99. The van der Waals surface area contributed by atoms with Crippen molar-refractivity contribution in [1.29, 1.82) is 0 Å². The van der Waals surface area contributed by atoms with Gasteiger partial charge >= 0.3 is 5.97 Å². The van der Waals surface area contributed by atoms with E-state index in [1.165, 1.54) is 5.56 Å². The first-order chi connectivity index (χ1) is 15.4. The zero-order valence-electron chi connectivity index (χ0n) is 18.4. The highest BCUT2D eigenvalue weighted by molar-refractivity contribution is 6.31. The number of aromatic nitrogens is 1. The smallest absolute Gasteiger partial charge is 0.352 e. The largest absolute Gasteiger partial charge is 0.477 e. The van der Waals surface area contributed by atoms with Gasteiger partial charge in [-0.05, 0) is 55.6 Å². The molecule has 0 bridgehead atoms. The summed E-state index contributed by atoms with van der Waals surface area (Å²) in [6.07, 6.45) is 0.781. The number of halogens is 1. The van der Waals surface area contributed by atoms with Crippen molar-refractivity contribution in [1.82, 2.24) is 9.88 Å². The summed E-state index contributed by atoms with van der Waals surface area (Å²) in [7, 11) is 0. The molecule has 0 atom stereocenters. The highest BCUT2D eigenvalue weighted by atomic mass is 35.5. The monoisotopic (exact) mass is 446 g/mol. The van der Waals surface area contributed by atoms with Crippen molar-refractivity contribution in [2.45, 2.75) is 33.4 Å². The molecule has 2 N–H and O–H groups in total. The first kappa shape index (κ1) is 22.1. The number of carboxylic acid groups (broad SMARTS) is 1. The number of carbonyl (C=O) groups is 1. The van der Waals surface area contributed by atoms with Gasteiger partial charge in [-0.2, -0.15) is 0 Å². The van der Waals surface area contributed by atoms with Gasteiger partial charge in [-0.1, -0.05) is 71.8 Å². The van der Waals surface area contributed by atoms with Gasteiger partial charge in [0.15, 0.2) is 0 Å². The summed E-state index contributed by atoms with van der Waals surface area (Å²) in [5, 5.41) is 15.3. The Morgan fingerprint density at radius 3 is 2.44 bits per heavy atom. The maximum atomic E-state index is 12.4. The first-order valence-corrected chi connectivity index (χ1v) is 11.2. The lowest BCUT2D eigenvalue weighted by Gasteiger charge is -2.11. The number of hydrogen-bond acceptors (Lipinski definition) is 2. The maximum Gasteiger partial charge on any atom is 0.352 e. The third-order valence-electron chi connectivity index (χ3n) is 5.82. The zero-order valence-corrected chi connectivity index (χ0v) is 19.1. The summed E-state index contributed by atoms with van der Waals surface area (Å²) in [5.74, 6) is -0.908. The number of nitrogens with zero attached hydrogens (tertiary/aromatic N) is 1. The predicted molar refractivity (Wildman–Crippen MR) is 131 cm³/mol. The second kappa shape index (κ2) is 9.60. The van der Waals surface area contributed by atoms with E-state index in [2.05, 4.69) is 35.6 Å². The number of rotatable bonds is 8. The van der Waals surface area contributed by atoms with Crippen molar-refractivity contribution >= 4 is 28.5 Å². The molecule has 1 aromatic heterocycles. The van der Waals surface area contributed by atoms with Crippen molar-refractivity contribution in [3.8, 4) is 0 Å². The van der Waals surface area contributed by atoms with E-state index >= 15 is 0 Å². The topological polar surface area (TPSA) is 54.3 Å². The number of aryl methyl sites for hydroxylation is 2. The molecule has 0 fully saturated rings. The lowest BCUT2D eigenvalue weighted by Crippen LogP contribution is -2.19. The van der Waals surface area contributed by atoms with Crippen LogP contribution in [0.3, 0.4) is 0 Å². The molecule has 0 saturated carbocycles. The molecule has 4 aromatic rings. The Bertz CT molecular complexity index is 1260. The SMILES string of the molecule is Cc1ccc(Cn2c(C(=O)O)c(CNCCc3ccccc3Cl)c3ccc(C)cc32)cc1. The molecule has 164 valence electrons. The fourth-order valence-electron chi connectivity index (χ4n) is 4.13. The fourth-order valence-corrected chi connectivity index (χ4v) is 4.36. The Labute approximate surface area is 193 Å². The molecule has 0 amide bonds. The first-order valence-electron chi connectivity index (χ1n) is 10.8. The van der Waals surface area contributed by atoms with Gasteiger partial charge in [-0.3, -0.25) is 0 Å². The summed E-state index contributed by atoms with van der Waals surface area (Å²) in [5.41, 5.74) is 6.56. The number of carboxylic acids is 1. The molecule has 3 aromatic carbocycles. The third-order valence-corrected chi connectivity index (χ3v) is 6.19. The van der Waals surface area contributed by atoms with Crippen LogP contribution < -0.4 is 5.32 Å². The molecule has 1 heterocycles. The van der Waals surface area contributed by atoms with Crippen LogP contribution in [0.4, 0.5) is 0 Å². The Morgan fingerprint density at radius 1 is 1.00 bits per heavy atom. The van der Waals surface area contributed by atoms with Crippen LogP contribution in [0.15, 0.2) is 66.7 Å². The number of nitrogens with one attached hydrogen (secondary N) is 1. The molecular weight excluding hydrogens is 420 g/mol. The fraction of sp³-hybridized carbons (Fsp3) is 0.222. The zero-order chi connectivity index (χ0) is 22.7. The Morgan fingerprint density at radius 2 is 1.72 bits per heavy atom. The van der Waals surface area contributed by atoms with Crippen molar-refractivity contribution in [2.24, 2.45) is 0 Å². The van der Waals surface area contributed by atoms with E-state index in [-0.39, 0.29) is 0 Å². The van der Waals surface area contributed by atoms with Gasteiger partial charge in [0.05, 0.1) is 0 Å². The highest BCUT2D eigenvalue weighted by Crippen LogP contribution is 2.29. The van der Waals surface area contributed by atoms with Gasteiger partial charge in [0.2, 0.25) is 0 Å². The molecule has 0 saturated heterocycles. The Balaban J connectivity index is 1.65. The molecule has 5 heteroatoms. The molecule has 4 nitrogen and oxygen atoms in total. The van der Waals surface area contributed by atoms with E-state index in [1.54, 1.807) is 0 Å². The van der Waals surface area contributed by atoms with E-state index in [9.17, 15) is 9.90 Å². The molecule has 0 spiro atoms. The van der Waals surface area contributed by atoms with Crippen LogP contribution in [-0.2, 0) is 19.5 Å². The second-order valence-electron chi connectivity index (χ2n) is 8.24. The Hall–Kier alpha value is -3.08. The summed E-state index contributed by atoms with van der Waals surface area (Å²) in [6.45, 7) is 5.78. The molecule has 4 rings (SSSR count). The average molecular weight is 447 g/mol. The lowest BCUT2D eigenvalue weighted by atomic mass is 10.1. The minimum atomic E-state index is -0.908. The number of benzene rings is 3. The van der Waals surface area contributed by atoms with Gasteiger partial charge in [-0.25, -0.2) is 4.79 Å². The van der Waals surface area contributed by atoms with Crippen LogP contribution >= 0.6 is 11.6 Å². The van der Waals surface area contributed by atoms with E-state index < -0.39 is 5.97 Å². The minimum absolute atomic E-state index is 0.344. The van der Waals surface area contributed by atoms with Crippen LogP contribution in [0.1, 0.15) is 38.3 Å². The van der Waals surface area contributed by atoms with Crippen LogP contribution in [0.5, 0.6) is 0 Å². The van der Waals surface area contributed by atoms with Crippen molar-refractivity contribution in [2.75, 3.05) is 6.54 Å². The van der Waals surface area contributed by atoms with Crippen molar-refractivity contribution in [3.63, 3.8) is 0 Å². The van der Waals surface area contributed by atoms with E-state index in [0.717, 1.165) is 44.6 Å². The maximum absolute atomic E-state index is 12.4. The molecule has 0 aliphatic carbocycles.